The maximum atomic E-state index is 2.63. The monoisotopic (exact) mass is 767 g/mol. The summed E-state index contributed by atoms with van der Waals surface area (Å²) in [5, 5.41) is 1.43. The van der Waals surface area contributed by atoms with Crippen molar-refractivity contribution in [3.63, 3.8) is 0 Å². The van der Waals surface area contributed by atoms with Gasteiger partial charge in [0, 0.05) is 0 Å². The maximum Gasteiger partial charge on any atom is 0.291 e. The smallest absolute Gasteiger partial charge is 0.146 e. The fourth-order valence-electron chi connectivity index (χ4n) is 7.16. The minimum atomic E-state index is -0.666. The van der Waals surface area contributed by atoms with Crippen LogP contribution in [0.4, 0.5) is 0 Å². The van der Waals surface area contributed by atoms with E-state index in [4.69, 9.17) is 0 Å². The van der Waals surface area contributed by atoms with Gasteiger partial charge in [0.15, 0.2) is 0 Å². The van der Waals surface area contributed by atoms with Gasteiger partial charge in [-0.1, -0.05) is 135 Å². The minimum absolute atomic E-state index is 0.666. The molecule has 0 aliphatic heterocycles. The van der Waals surface area contributed by atoms with Crippen molar-refractivity contribution < 1.29 is 0 Å². The first kappa shape index (κ1) is 52.9. The molecule has 1 heteroatoms. The molecule has 0 fully saturated rings. The molecule has 0 radical (unpaired) electrons. The largest absolute Gasteiger partial charge is 0.291 e. The van der Waals surface area contributed by atoms with E-state index in [-0.39, 0.29) is 0 Å². The molecule has 310 valence electrons. The second kappa shape index (κ2) is 34.0. The Morgan fingerprint density at radius 1 is 0.327 bits per heavy atom. The van der Waals surface area contributed by atoms with Crippen LogP contribution in [-0.2, 0) is 0 Å². The van der Waals surface area contributed by atoms with Gasteiger partial charge in [-0.2, -0.15) is 0 Å². The molecule has 0 aromatic carbocycles. The van der Waals surface area contributed by atoms with Crippen LogP contribution in [0, 0.1) is 5.92 Å². The van der Waals surface area contributed by atoms with Crippen LogP contribution in [0.3, 0.4) is 0 Å². The summed E-state index contributed by atoms with van der Waals surface area (Å²) < 4.78 is 0. The van der Waals surface area contributed by atoms with Crippen LogP contribution in [0.15, 0.2) is 115 Å². The summed E-state index contributed by atoms with van der Waals surface area (Å²) in [7, 11) is 0. The van der Waals surface area contributed by atoms with Crippen LogP contribution in [-0.4, -0.2) is 14.1 Å². The zero-order chi connectivity index (χ0) is 41.4. The molecule has 0 unspecified atom stereocenters. The van der Waals surface area contributed by atoms with Crippen LogP contribution in [0.2, 0.25) is 11.1 Å². The number of rotatable bonds is 30. The molecular weight excluding hydrogens is 676 g/mol. The van der Waals surface area contributed by atoms with E-state index in [1.807, 2.05) is 0 Å². The Bertz CT molecular complexity index is 1350. The Labute approximate surface area is 350 Å². The first-order valence-electron chi connectivity index (χ1n) is 22.6. The van der Waals surface area contributed by atoms with E-state index >= 15 is 0 Å². The average Bonchev–Trinajstić information content (AvgIpc) is 3.07. The van der Waals surface area contributed by atoms with Crippen LogP contribution in [0.25, 0.3) is 0 Å². The van der Waals surface area contributed by atoms with Crippen LogP contribution >= 0.6 is 0 Å². The van der Waals surface area contributed by atoms with E-state index < -0.39 is 14.1 Å². The van der Waals surface area contributed by atoms with Crippen LogP contribution in [0.5, 0.6) is 0 Å². The minimum Gasteiger partial charge on any atom is -0.146 e. The van der Waals surface area contributed by atoms with Crippen molar-refractivity contribution in [2.45, 2.75) is 217 Å². The zero-order valence-corrected chi connectivity index (χ0v) is 40.5. The van der Waals surface area contributed by atoms with Crippen molar-refractivity contribution in [2.24, 2.45) is 5.92 Å². The third kappa shape index (κ3) is 36.0. The fraction of sp³-hybridized carbons (Fsp3) is 0.630. The van der Waals surface area contributed by atoms with Gasteiger partial charge in [0.05, 0.1) is 0 Å². The lowest BCUT2D eigenvalue weighted by atomic mass is 10.0. The summed E-state index contributed by atoms with van der Waals surface area (Å²) >= 11 is -0.666. The fourth-order valence-corrected chi connectivity index (χ4v) is 9.92. The molecule has 0 saturated heterocycles. The molecule has 0 spiro atoms. The highest BCUT2D eigenvalue weighted by atomic mass is 27.2. The van der Waals surface area contributed by atoms with E-state index in [9.17, 15) is 0 Å². The van der Waals surface area contributed by atoms with Gasteiger partial charge in [0.1, 0.15) is 0 Å². The van der Waals surface area contributed by atoms with Crippen molar-refractivity contribution in [1.82, 2.24) is 0 Å². The molecular formula is C54H91Al. The van der Waals surface area contributed by atoms with Gasteiger partial charge in [-0.3, -0.25) is 0 Å². The summed E-state index contributed by atoms with van der Waals surface area (Å²) in [5.41, 5.74) is 15.3. The van der Waals surface area contributed by atoms with Crippen LogP contribution in [0.1, 0.15) is 206 Å². The molecule has 55 heavy (non-hydrogen) atoms. The van der Waals surface area contributed by atoms with Gasteiger partial charge in [0.25, 0.3) is 14.1 Å². The molecule has 0 aliphatic carbocycles. The Kier molecular flexibility index (Phi) is 32.7. The molecule has 0 N–H and O–H groups in total. The first-order valence-corrected chi connectivity index (χ1v) is 25.3. The van der Waals surface area contributed by atoms with Crippen molar-refractivity contribution in [1.29, 1.82) is 0 Å². The van der Waals surface area contributed by atoms with Gasteiger partial charge in [-0.05, 0) is 192 Å². The highest BCUT2D eigenvalue weighted by molar-refractivity contribution is 6.63. The summed E-state index contributed by atoms with van der Waals surface area (Å²) in [5.74, 6) is 3.33. The third-order valence-corrected chi connectivity index (χ3v) is 13.6. The summed E-state index contributed by atoms with van der Waals surface area (Å²) in [6.07, 6.45) is 43.3. The number of hydrogen-bond acceptors (Lipinski definition) is 0. The van der Waals surface area contributed by atoms with Gasteiger partial charge < -0.3 is 0 Å². The van der Waals surface area contributed by atoms with Crippen molar-refractivity contribution in [3.05, 3.63) is 115 Å². The normalized spacial score (nSPS) is 14.7. The molecule has 0 heterocycles. The lowest BCUT2D eigenvalue weighted by Gasteiger charge is -2.07. The quantitative estimate of drug-likeness (QED) is 0.0504. The standard InChI is InChI=1S/C49H79.C4H9.CH3.Al/c1-40(2)22-13-24-42(5)26-15-28-44(7)30-17-32-46(9)34-19-36-48(11)38-21-39-49(12)37-20-35-47(10)33-18-31-45(8)29-16-27-43(6)25-14-23-41(3)4;1-4(2)3;;/h1,23-24,27-28,31-32,35-36,39H,13-22,25-26,29-30,33-34,37-38H2,2-12H3;4H,1H2,2-3H3;1H3;/b40-1?,42-24+,43-27+,44-28+,45-31+,46-32+,47-35+,48-36+,49-39+;;;. The van der Waals surface area contributed by atoms with Crippen molar-refractivity contribution in [3.8, 4) is 0 Å². The second-order valence-electron chi connectivity index (χ2n) is 18.2. The van der Waals surface area contributed by atoms with Crippen molar-refractivity contribution >= 4 is 14.1 Å². The Hall–Kier alpha value is -2.07. The summed E-state index contributed by atoms with van der Waals surface area (Å²) in [6, 6.07) is 0. The van der Waals surface area contributed by atoms with E-state index in [2.05, 4.69) is 155 Å². The topological polar surface area (TPSA) is 0 Å². The first-order chi connectivity index (χ1) is 26.1. The third-order valence-electron chi connectivity index (χ3n) is 10.8. The number of hydrogen-bond donors (Lipinski definition) is 0. The predicted molar refractivity (Wildman–Crippen MR) is 258 cm³/mol. The molecule has 0 rings (SSSR count). The van der Waals surface area contributed by atoms with Gasteiger partial charge in [-0.15, -0.1) is 10.7 Å². The Morgan fingerprint density at radius 3 is 0.727 bits per heavy atom. The molecule has 0 aromatic rings. The zero-order valence-electron chi connectivity index (χ0n) is 39.4. The van der Waals surface area contributed by atoms with E-state index in [1.165, 1.54) is 141 Å². The highest BCUT2D eigenvalue weighted by Crippen LogP contribution is 2.18. The molecule has 0 saturated carbocycles. The van der Waals surface area contributed by atoms with Crippen LogP contribution < -0.4 is 0 Å². The second-order valence-corrected chi connectivity index (χ2v) is 20.9. The maximum absolute atomic E-state index is 2.63. The molecule has 0 aliphatic rings. The predicted octanol–water partition coefficient (Wildman–Crippen LogP) is 18.8. The van der Waals surface area contributed by atoms with Gasteiger partial charge in [0.2, 0.25) is 0 Å². The number of allylic oxidation sites excluding steroid dienone is 19. The molecule has 0 bridgehead atoms. The van der Waals surface area contributed by atoms with Gasteiger partial charge >= 0.3 is 0 Å². The lowest BCUT2D eigenvalue weighted by Crippen LogP contribution is -2.07. The Morgan fingerprint density at radius 2 is 0.527 bits per heavy atom. The molecule has 0 amide bonds. The summed E-state index contributed by atoms with van der Waals surface area (Å²) in [4.78, 5) is 2.63. The molecule has 0 aromatic heterocycles. The Balaban J connectivity index is 4.27. The van der Waals surface area contributed by atoms with Gasteiger partial charge in [-0.25, -0.2) is 0 Å². The van der Waals surface area contributed by atoms with E-state index in [0.717, 1.165) is 25.2 Å². The SMILES string of the molecule is CC(C)=CCC/C(C)=C/CC/C(C)=C/CC/C(C)=C/CC/C(C)=C/CC/C(C)=C/CC/C(C)=C/CC/C(C)=C/CC/C(C)=C/CC/C(C)=[CH]/[Al]([CH3])[CH2]C(C)C. The highest BCUT2D eigenvalue weighted by Gasteiger charge is 2.09. The van der Waals surface area contributed by atoms with Crippen molar-refractivity contribution in [2.75, 3.05) is 0 Å². The summed E-state index contributed by atoms with van der Waals surface area (Å²) in [6.45, 7) is 29.9. The molecule has 0 nitrogen and oxygen atoms in total. The average molecular weight is 767 g/mol. The van der Waals surface area contributed by atoms with E-state index in [0.29, 0.717) is 0 Å². The lowest BCUT2D eigenvalue weighted by molar-refractivity contribution is 0.728. The molecule has 0 atom stereocenters. The van der Waals surface area contributed by atoms with E-state index in [1.54, 1.807) is 16.7 Å².